The average molecular weight is 352 g/mol. The molecule has 1 nitrogen and oxygen atoms in total. The maximum absolute atomic E-state index is 12.4. The van der Waals surface area contributed by atoms with Gasteiger partial charge in [0.25, 0.3) is 0 Å². The first-order chi connectivity index (χ1) is 8.20. The lowest BCUT2D eigenvalue weighted by Crippen LogP contribution is -2.17. The van der Waals surface area contributed by atoms with Gasteiger partial charge in [0.1, 0.15) is 0 Å². The van der Waals surface area contributed by atoms with Gasteiger partial charge in [-0.1, -0.05) is 68.3 Å². The molecule has 0 heterocycles. The molecule has 3 rings (SSSR count). The summed E-state index contributed by atoms with van der Waals surface area (Å²) in [7, 11) is 0. The highest BCUT2D eigenvalue weighted by molar-refractivity contribution is 9.10. The molecular formula is C14H8Br2O. The summed E-state index contributed by atoms with van der Waals surface area (Å²) in [6.45, 7) is 0. The lowest BCUT2D eigenvalue weighted by molar-refractivity contribution is 0.103. The summed E-state index contributed by atoms with van der Waals surface area (Å²) in [5, 5.41) is 0. The molecule has 1 unspecified atom stereocenters. The molecule has 3 heteroatoms. The highest BCUT2D eigenvalue weighted by Crippen LogP contribution is 2.42. The number of fused-ring (bicyclic) bond motifs is 2. The molecule has 84 valence electrons. The van der Waals surface area contributed by atoms with Gasteiger partial charge in [0.05, 0.1) is 4.83 Å². The average Bonchev–Trinajstić information content (AvgIpc) is 2.36. The Labute approximate surface area is 116 Å². The van der Waals surface area contributed by atoms with Crippen molar-refractivity contribution in [2.45, 2.75) is 4.83 Å². The molecule has 0 radical (unpaired) electrons. The summed E-state index contributed by atoms with van der Waals surface area (Å²) in [6.07, 6.45) is 0. The number of halogens is 2. The minimum atomic E-state index is 0.0869. The van der Waals surface area contributed by atoms with Crippen LogP contribution < -0.4 is 0 Å². The molecule has 0 amide bonds. The molecular weight excluding hydrogens is 344 g/mol. The third kappa shape index (κ3) is 1.60. The number of hydrogen-bond donors (Lipinski definition) is 0. The van der Waals surface area contributed by atoms with E-state index in [1.54, 1.807) is 0 Å². The number of rotatable bonds is 0. The van der Waals surface area contributed by atoms with Crippen LogP contribution in [-0.2, 0) is 0 Å². The standard InChI is InChI=1S/C14H8Br2O/c15-11-7-3-6-10-12(11)14(17)9-5-2-1-4-8(9)13(10)16/h1-7,13H. The predicted molar refractivity (Wildman–Crippen MR) is 74.8 cm³/mol. The van der Waals surface area contributed by atoms with E-state index < -0.39 is 0 Å². The Morgan fingerprint density at radius 2 is 1.65 bits per heavy atom. The van der Waals surface area contributed by atoms with Crippen LogP contribution >= 0.6 is 31.9 Å². The topological polar surface area (TPSA) is 17.1 Å². The van der Waals surface area contributed by atoms with Gasteiger partial charge in [-0.2, -0.15) is 0 Å². The van der Waals surface area contributed by atoms with Crippen LogP contribution in [0.15, 0.2) is 46.9 Å². The fourth-order valence-electron chi connectivity index (χ4n) is 2.22. The first-order valence-electron chi connectivity index (χ1n) is 5.26. The first-order valence-corrected chi connectivity index (χ1v) is 6.97. The molecule has 0 fully saturated rings. The van der Waals surface area contributed by atoms with E-state index in [1.165, 1.54) is 0 Å². The van der Waals surface area contributed by atoms with Crippen molar-refractivity contribution >= 4 is 37.6 Å². The van der Waals surface area contributed by atoms with Gasteiger partial charge >= 0.3 is 0 Å². The van der Waals surface area contributed by atoms with Crippen LogP contribution in [0.1, 0.15) is 31.9 Å². The van der Waals surface area contributed by atoms with Gasteiger partial charge in [-0.25, -0.2) is 0 Å². The normalized spacial score (nSPS) is 17.5. The fraction of sp³-hybridized carbons (Fsp3) is 0.0714. The van der Waals surface area contributed by atoms with Crippen molar-refractivity contribution < 1.29 is 4.79 Å². The Balaban J connectivity index is 2.33. The van der Waals surface area contributed by atoms with E-state index in [-0.39, 0.29) is 10.6 Å². The SMILES string of the molecule is O=C1c2ccccc2C(Br)c2cccc(Br)c21. The smallest absolute Gasteiger partial charge is 0.194 e. The van der Waals surface area contributed by atoms with Crippen LogP contribution in [0.3, 0.4) is 0 Å². The summed E-state index contributed by atoms with van der Waals surface area (Å²) in [5.41, 5.74) is 3.63. The summed E-state index contributed by atoms with van der Waals surface area (Å²) < 4.78 is 0.860. The third-order valence-electron chi connectivity index (χ3n) is 3.02. The largest absolute Gasteiger partial charge is 0.289 e. The van der Waals surface area contributed by atoms with Crippen LogP contribution in [-0.4, -0.2) is 5.78 Å². The molecule has 0 N–H and O–H groups in total. The number of alkyl halides is 1. The van der Waals surface area contributed by atoms with E-state index in [4.69, 9.17) is 0 Å². The van der Waals surface area contributed by atoms with Crippen molar-refractivity contribution in [2.24, 2.45) is 0 Å². The van der Waals surface area contributed by atoms with Gasteiger partial charge in [0, 0.05) is 15.6 Å². The van der Waals surface area contributed by atoms with Gasteiger partial charge in [-0.15, -0.1) is 0 Å². The Morgan fingerprint density at radius 3 is 2.47 bits per heavy atom. The molecule has 0 saturated heterocycles. The lowest BCUT2D eigenvalue weighted by Gasteiger charge is -2.24. The van der Waals surface area contributed by atoms with E-state index in [0.29, 0.717) is 0 Å². The quantitative estimate of drug-likeness (QED) is 0.639. The van der Waals surface area contributed by atoms with E-state index in [0.717, 1.165) is 26.7 Å². The highest BCUT2D eigenvalue weighted by Gasteiger charge is 2.30. The van der Waals surface area contributed by atoms with Crippen LogP contribution in [0.4, 0.5) is 0 Å². The molecule has 0 bridgehead atoms. The number of carbonyl (C=O) groups excluding carboxylic acids is 1. The second-order valence-electron chi connectivity index (χ2n) is 3.98. The molecule has 1 atom stereocenters. The molecule has 0 saturated carbocycles. The zero-order chi connectivity index (χ0) is 12.0. The summed E-state index contributed by atoms with van der Waals surface area (Å²) in [4.78, 5) is 12.5. The zero-order valence-electron chi connectivity index (χ0n) is 8.78. The predicted octanol–water partition coefficient (Wildman–Crippen LogP) is 4.48. The number of ketones is 1. The van der Waals surface area contributed by atoms with Crippen molar-refractivity contribution in [3.05, 3.63) is 69.2 Å². The maximum Gasteiger partial charge on any atom is 0.194 e. The summed E-state index contributed by atoms with van der Waals surface area (Å²) in [6, 6.07) is 13.6. The van der Waals surface area contributed by atoms with Crippen molar-refractivity contribution in [2.75, 3.05) is 0 Å². The van der Waals surface area contributed by atoms with E-state index in [1.807, 2.05) is 42.5 Å². The molecule has 17 heavy (non-hydrogen) atoms. The molecule has 0 spiro atoms. The van der Waals surface area contributed by atoms with E-state index in [2.05, 4.69) is 31.9 Å². The lowest BCUT2D eigenvalue weighted by atomic mass is 9.85. The maximum atomic E-state index is 12.4. The van der Waals surface area contributed by atoms with Crippen molar-refractivity contribution in [3.63, 3.8) is 0 Å². The monoisotopic (exact) mass is 350 g/mol. The molecule has 1 aliphatic rings. The van der Waals surface area contributed by atoms with Gasteiger partial charge in [0.2, 0.25) is 0 Å². The third-order valence-corrected chi connectivity index (χ3v) is 4.67. The highest BCUT2D eigenvalue weighted by atomic mass is 79.9. The number of benzene rings is 2. The molecule has 0 aliphatic heterocycles. The number of carbonyl (C=O) groups is 1. The van der Waals surface area contributed by atoms with Crippen LogP contribution in [0.25, 0.3) is 0 Å². The van der Waals surface area contributed by atoms with Crippen molar-refractivity contribution in [1.29, 1.82) is 0 Å². The van der Waals surface area contributed by atoms with Gasteiger partial charge in [-0.3, -0.25) is 4.79 Å². The minimum absolute atomic E-state index is 0.0869. The van der Waals surface area contributed by atoms with Gasteiger partial charge in [-0.05, 0) is 17.2 Å². The summed E-state index contributed by atoms with van der Waals surface area (Å²) in [5.74, 6) is 0.0961. The Morgan fingerprint density at radius 1 is 0.941 bits per heavy atom. The number of hydrogen-bond acceptors (Lipinski definition) is 1. The molecule has 2 aromatic rings. The Hall–Kier alpha value is -0.930. The van der Waals surface area contributed by atoms with E-state index >= 15 is 0 Å². The van der Waals surface area contributed by atoms with Crippen LogP contribution in [0, 0.1) is 0 Å². The molecule has 2 aromatic carbocycles. The van der Waals surface area contributed by atoms with E-state index in [9.17, 15) is 4.79 Å². The van der Waals surface area contributed by atoms with Gasteiger partial charge in [0.15, 0.2) is 5.78 Å². The van der Waals surface area contributed by atoms with Crippen LogP contribution in [0.2, 0.25) is 0 Å². The summed E-state index contributed by atoms with van der Waals surface area (Å²) >= 11 is 7.13. The second-order valence-corrected chi connectivity index (χ2v) is 5.75. The molecule has 0 aromatic heterocycles. The van der Waals surface area contributed by atoms with Crippen molar-refractivity contribution in [3.8, 4) is 0 Å². The fourth-order valence-corrected chi connectivity index (χ4v) is 3.56. The zero-order valence-corrected chi connectivity index (χ0v) is 12.0. The van der Waals surface area contributed by atoms with Gasteiger partial charge < -0.3 is 0 Å². The van der Waals surface area contributed by atoms with Crippen LogP contribution in [0.5, 0.6) is 0 Å². The Bertz CT molecular complexity index is 619. The first kappa shape index (κ1) is 11.2. The van der Waals surface area contributed by atoms with Crippen molar-refractivity contribution in [1.82, 2.24) is 0 Å². The minimum Gasteiger partial charge on any atom is -0.289 e. The Kier molecular flexibility index (Phi) is 2.68. The second kappa shape index (κ2) is 4.07. The molecule has 1 aliphatic carbocycles.